The van der Waals surface area contributed by atoms with Gasteiger partial charge in [0.1, 0.15) is 22.3 Å². The maximum absolute atomic E-state index is 14.1. The second-order valence-corrected chi connectivity index (χ2v) is 10.8. The molecular weight excluding hydrogens is 441 g/mol. The van der Waals surface area contributed by atoms with E-state index in [9.17, 15) is 9.18 Å². The van der Waals surface area contributed by atoms with Crippen molar-refractivity contribution in [1.29, 1.82) is 0 Å². The fourth-order valence-electron chi connectivity index (χ4n) is 3.89. The number of aromatic amines is 1. The van der Waals surface area contributed by atoms with Gasteiger partial charge in [-0.25, -0.2) is 19.2 Å². The zero-order valence-electron chi connectivity index (χ0n) is 19.4. The van der Waals surface area contributed by atoms with Crippen LogP contribution in [0.4, 0.5) is 15.0 Å². The number of piperidine rings is 1. The van der Waals surface area contributed by atoms with E-state index < -0.39 is 5.60 Å². The molecule has 1 aromatic carbocycles. The van der Waals surface area contributed by atoms with E-state index in [1.54, 1.807) is 12.4 Å². The van der Waals surface area contributed by atoms with E-state index in [-0.39, 0.29) is 17.3 Å². The van der Waals surface area contributed by atoms with Crippen LogP contribution in [0.3, 0.4) is 0 Å². The Labute approximate surface area is 197 Å². The van der Waals surface area contributed by atoms with Crippen LogP contribution in [0.25, 0.3) is 10.9 Å². The van der Waals surface area contributed by atoms with E-state index in [0.29, 0.717) is 11.9 Å². The molecule has 3 aromatic rings. The van der Waals surface area contributed by atoms with Gasteiger partial charge in [0.15, 0.2) is 0 Å². The second kappa shape index (κ2) is 9.21. The molecule has 0 radical (unpaired) electrons. The summed E-state index contributed by atoms with van der Waals surface area (Å²) in [4.78, 5) is 27.1. The molecule has 9 heteroatoms. The lowest BCUT2D eigenvalue weighted by Crippen LogP contribution is -2.45. The van der Waals surface area contributed by atoms with E-state index in [1.807, 2.05) is 39.0 Å². The van der Waals surface area contributed by atoms with Crippen LogP contribution in [0.2, 0.25) is 0 Å². The molecule has 7 nitrogen and oxygen atoms in total. The van der Waals surface area contributed by atoms with Gasteiger partial charge in [0, 0.05) is 41.6 Å². The molecule has 2 aromatic heterocycles. The highest BCUT2D eigenvalue weighted by Crippen LogP contribution is 2.35. The molecule has 0 atom stereocenters. The van der Waals surface area contributed by atoms with Crippen LogP contribution in [0, 0.1) is 11.2 Å². The lowest BCUT2D eigenvalue weighted by atomic mass is 9.80. The zero-order chi connectivity index (χ0) is 23.6. The number of H-pyrrole nitrogens is 1. The first-order valence-corrected chi connectivity index (χ1v) is 11.9. The van der Waals surface area contributed by atoms with Crippen molar-refractivity contribution in [2.75, 3.05) is 24.5 Å². The van der Waals surface area contributed by atoms with E-state index >= 15 is 0 Å². The zero-order valence-corrected chi connectivity index (χ0v) is 20.3. The van der Waals surface area contributed by atoms with Gasteiger partial charge in [-0.1, -0.05) is 24.8 Å². The summed E-state index contributed by atoms with van der Waals surface area (Å²) in [6.45, 7) is 10.0. The molecule has 0 aliphatic carbocycles. The van der Waals surface area contributed by atoms with Crippen LogP contribution in [-0.4, -0.2) is 46.3 Å². The predicted octanol–water partition coefficient (Wildman–Crippen LogP) is 5.38. The number of fused-ring (bicyclic) bond motifs is 1. The minimum absolute atomic E-state index is 0.00986. The van der Waals surface area contributed by atoms with Gasteiger partial charge in [0.25, 0.3) is 0 Å². The molecule has 176 valence electrons. The Morgan fingerprint density at radius 2 is 2.03 bits per heavy atom. The van der Waals surface area contributed by atoms with Gasteiger partial charge in [-0.15, -0.1) is 0 Å². The maximum atomic E-state index is 14.1. The number of hydrogen-bond donors (Lipinski definition) is 2. The van der Waals surface area contributed by atoms with Crippen molar-refractivity contribution in [3.63, 3.8) is 0 Å². The molecule has 1 amide bonds. The molecule has 4 rings (SSSR count). The second-order valence-electron chi connectivity index (χ2n) is 9.78. The van der Waals surface area contributed by atoms with Crippen LogP contribution >= 0.6 is 11.8 Å². The fourth-order valence-corrected chi connectivity index (χ4v) is 4.78. The number of benzene rings is 1. The van der Waals surface area contributed by atoms with E-state index in [1.165, 1.54) is 18.0 Å². The van der Waals surface area contributed by atoms with Gasteiger partial charge in [-0.3, -0.25) is 0 Å². The van der Waals surface area contributed by atoms with Crippen molar-refractivity contribution in [3.8, 4) is 0 Å². The summed E-state index contributed by atoms with van der Waals surface area (Å²) in [6.07, 6.45) is 6.36. The molecule has 0 saturated carbocycles. The van der Waals surface area contributed by atoms with Crippen molar-refractivity contribution in [3.05, 3.63) is 42.6 Å². The van der Waals surface area contributed by atoms with Gasteiger partial charge in [-0.05, 0) is 51.2 Å². The SMILES string of the molecule is CC1(CNC(=O)OC(C)(C)C)CCN(c2cnc(Sc3cccc4[nH]cc(F)c34)cn2)CC1. The van der Waals surface area contributed by atoms with Gasteiger partial charge >= 0.3 is 6.09 Å². The normalized spacial score (nSPS) is 16.1. The summed E-state index contributed by atoms with van der Waals surface area (Å²) in [5, 5.41) is 4.20. The number of nitrogens with zero attached hydrogens (tertiary/aromatic N) is 3. The van der Waals surface area contributed by atoms with Crippen molar-refractivity contribution in [1.82, 2.24) is 20.3 Å². The lowest BCUT2D eigenvalue weighted by Gasteiger charge is -2.40. The first kappa shape index (κ1) is 23.4. The molecule has 2 N–H and O–H groups in total. The van der Waals surface area contributed by atoms with Crippen LogP contribution in [-0.2, 0) is 4.74 Å². The number of halogens is 1. The highest BCUT2D eigenvalue weighted by molar-refractivity contribution is 7.99. The number of alkyl carbamates (subject to hydrolysis) is 1. The highest BCUT2D eigenvalue weighted by atomic mass is 32.2. The molecular formula is C24H30FN5O2S. The molecule has 33 heavy (non-hydrogen) atoms. The van der Waals surface area contributed by atoms with Crippen LogP contribution in [0.1, 0.15) is 40.5 Å². The molecule has 1 saturated heterocycles. The van der Waals surface area contributed by atoms with Gasteiger partial charge < -0.3 is 19.9 Å². The molecule has 1 aliphatic rings. The monoisotopic (exact) mass is 471 g/mol. The Morgan fingerprint density at radius 3 is 2.70 bits per heavy atom. The number of rotatable bonds is 5. The topological polar surface area (TPSA) is 83.1 Å². The van der Waals surface area contributed by atoms with Crippen molar-refractivity contribution >= 4 is 34.6 Å². The minimum atomic E-state index is -0.500. The van der Waals surface area contributed by atoms with Crippen LogP contribution in [0.15, 0.2) is 46.7 Å². The number of ether oxygens (including phenoxy) is 1. The number of hydrogen-bond acceptors (Lipinski definition) is 6. The summed E-state index contributed by atoms with van der Waals surface area (Å²) in [7, 11) is 0. The summed E-state index contributed by atoms with van der Waals surface area (Å²) in [6, 6.07) is 5.63. The van der Waals surface area contributed by atoms with Crippen LogP contribution < -0.4 is 10.2 Å². The third-order valence-corrected chi connectivity index (χ3v) is 6.78. The summed E-state index contributed by atoms with van der Waals surface area (Å²) >= 11 is 1.40. The van der Waals surface area contributed by atoms with E-state index in [2.05, 4.69) is 32.1 Å². The standard InChI is InChI=1S/C24H30FN5O2S/c1-23(2,3)32-22(31)29-15-24(4)8-10-30(11-9-24)19-13-28-20(14-27-19)33-18-7-5-6-17-21(18)16(25)12-26-17/h5-7,12-14,26H,8-11,15H2,1-4H3,(H,29,31). The molecule has 0 bridgehead atoms. The third kappa shape index (κ3) is 5.76. The Morgan fingerprint density at radius 1 is 1.27 bits per heavy atom. The Bertz CT molecular complexity index is 1120. The van der Waals surface area contributed by atoms with Gasteiger partial charge in [0.05, 0.1) is 12.4 Å². The van der Waals surface area contributed by atoms with Gasteiger partial charge in [0.2, 0.25) is 0 Å². The number of aromatic nitrogens is 3. The number of anilines is 1. The Balaban J connectivity index is 1.33. The van der Waals surface area contributed by atoms with Crippen LogP contribution in [0.5, 0.6) is 0 Å². The molecule has 0 spiro atoms. The summed E-state index contributed by atoms with van der Waals surface area (Å²) in [5.74, 6) is 0.558. The maximum Gasteiger partial charge on any atom is 0.407 e. The first-order chi connectivity index (χ1) is 15.6. The van der Waals surface area contributed by atoms with Gasteiger partial charge in [-0.2, -0.15) is 0 Å². The average molecular weight is 472 g/mol. The summed E-state index contributed by atoms with van der Waals surface area (Å²) in [5.41, 5.74) is 0.273. The van der Waals surface area contributed by atoms with E-state index in [0.717, 1.165) is 47.2 Å². The van der Waals surface area contributed by atoms with E-state index in [4.69, 9.17) is 4.74 Å². The Hall–Kier alpha value is -2.81. The predicted molar refractivity (Wildman–Crippen MR) is 128 cm³/mol. The third-order valence-electron chi connectivity index (χ3n) is 5.80. The average Bonchev–Trinajstić information content (AvgIpc) is 3.14. The smallest absolute Gasteiger partial charge is 0.407 e. The fraction of sp³-hybridized carbons (Fsp3) is 0.458. The van der Waals surface area contributed by atoms with Crippen molar-refractivity contribution in [2.24, 2.45) is 5.41 Å². The summed E-state index contributed by atoms with van der Waals surface area (Å²) < 4.78 is 19.5. The molecule has 1 fully saturated rings. The molecule has 0 unspecified atom stereocenters. The quantitative estimate of drug-likeness (QED) is 0.520. The Kier molecular flexibility index (Phi) is 6.52. The van der Waals surface area contributed by atoms with Crippen molar-refractivity contribution in [2.45, 2.75) is 56.1 Å². The lowest BCUT2D eigenvalue weighted by molar-refractivity contribution is 0.0495. The molecule has 1 aliphatic heterocycles. The number of carbonyl (C=O) groups is 1. The number of carbonyl (C=O) groups excluding carboxylic acids is 1. The number of amides is 1. The molecule has 3 heterocycles. The first-order valence-electron chi connectivity index (χ1n) is 11.1. The van der Waals surface area contributed by atoms with Crippen molar-refractivity contribution < 1.29 is 13.9 Å². The highest BCUT2D eigenvalue weighted by Gasteiger charge is 2.31. The minimum Gasteiger partial charge on any atom is -0.444 e. The largest absolute Gasteiger partial charge is 0.444 e. The number of nitrogens with one attached hydrogen (secondary N) is 2.